The third-order valence-electron chi connectivity index (χ3n) is 2.73. The van der Waals surface area contributed by atoms with Gasteiger partial charge in [0.25, 0.3) is 0 Å². The Kier molecular flexibility index (Phi) is 3.18. The van der Waals surface area contributed by atoms with Gasteiger partial charge in [0.05, 0.1) is 12.2 Å². The zero-order valence-electron chi connectivity index (χ0n) is 10.1. The monoisotopic (exact) mass is 232 g/mol. The van der Waals surface area contributed by atoms with Crippen LogP contribution in [0, 0.1) is 0 Å². The van der Waals surface area contributed by atoms with Crippen LogP contribution in [0.5, 0.6) is 5.75 Å². The molecule has 2 N–H and O–H groups in total. The summed E-state index contributed by atoms with van der Waals surface area (Å²) >= 11 is 0. The molecule has 0 aliphatic carbocycles. The van der Waals surface area contributed by atoms with E-state index in [0.29, 0.717) is 24.4 Å². The van der Waals surface area contributed by atoms with Crippen LogP contribution >= 0.6 is 0 Å². The number of likely N-dealkylation sites (N-methyl/N-ethyl adjacent to an activating group) is 1. The molecule has 1 aliphatic heterocycles. The quantitative estimate of drug-likeness (QED) is 0.623. The van der Waals surface area contributed by atoms with Gasteiger partial charge in [-0.15, -0.1) is 0 Å². The molecule has 0 saturated heterocycles. The highest BCUT2D eigenvalue weighted by molar-refractivity contribution is 5.92. The van der Waals surface area contributed by atoms with Gasteiger partial charge in [-0.1, -0.05) is 0 Å². The summed E-state index contributed by atoms with van der Waals surface area (Å²) < 4.78 is 5.58. The fourth-order valence-electron chi connectivity index (χ4n) is 2.05. The van der Waals surface area contributed by atoms with Crippen molar-refractivity contribution in [2.24, 2.45) is 0 Å². The van der Waals surface area contributed by atoms with Crippen molar-refractivity contribution in [3.63, 3.8) is 0 Å². The SMILES string of the molecule is CN(C)CC(=C=O)c1cc(N)cc2c1OCC2. The molecule has 1 aromatic carbocycles. The number of nitrogens with two attached hydrogens (primary N) is 1. The van der Waals surface area contributed by atoms with Crippen molar-refractivity contribution in [1.29, 1.82) is 0 Å². The first kappa shape index (κ1) is 11.7. The van der Waals surface area contributed by atoms with Crippen LogP contribution in [0.25, 0.3) is 5.57 Å². The van der Waals surface area contributed by atoms with Crippen molar-refractivity contribution in [3.05, 3.63) is 23.3 Å². The summed E-state index contributed by atoms with van der Waals surface area (Å²) in [6, 6.07) is 3.69. The summed E-state index contributed by atoms with van der Waals surface area (Å²) in [6.45, 7) is 1.18. The van der Waals surface area contributed by atoms with Gasteiger partial charge in [-0.25, -0.2) is 4.79 Å². The maximum absolute atomic E-state index is 11.1. The Balaban J connectivity index is 2.48. The number of benzene rings is 1. The summed E-state index contributed by atoms with van der Waals surface area (Å²) in [5.74, 6) is 2.79. The van der Waals surface area contributed by atoms with Crippen molar-refractivity contribution in [2.75, 3.05) is 33.0 Å². The van der Waals surface area contributed by atoms with E-state index in [0.717, 1.165) is 23.3 Å². The molecule has 0 atom stereocenters. The van der Waals surface area contributed by atoms with Crippen molar-refractivity contribution < 1.29 is 9.53 Å². The fourth-order valence-corrected chi connectivity index (χ4v) is 2.05. The van der Waals surface area contributed by atoms with E-state index in [-0.39, 0.29) is 0 Å². The third-order valence-corrected chi connectivity index (χ3v) is 2.73. The summed E-state index contributed by atoms with van der Waals surface area (Å²) in [5.41, 5.74) is 8.94. The van der Waals surface area contributed by atoms with Crippen LogP contribution in [-0.2, 0) is 11.2 Å². The molecule has 0 amide bonds. The van der Waals surface area contributed by atoms with Gasteiger partial charge in [0.1, 0.15) is 11.7 Å². The standard InChI is InChI=1S/C13H16N2O2/c1-15(2)7-10(8-16)12-6-11(14)5-9-3-4-17-13(9)12/h5-6H,3-4,7,14H2,1-2H3. The van der Waals surface area contributed by atoms with Crippen LogP contribution in [0.2, 0.25) is 0 Å². The number of ether oxygens (including phenoxy) is 1. The first-order chi connectivity index (χ1) is 8.11. The number of fused-ring (bicyclic) bond motifs is 1. The Labute approximate surface area is 101 Å². The molecule has 1 aliphatic rings. The lowest BCUT2D eigenvalue weighted by Gasteiger charge is -2.14. The first-order valence-corrected chi connectivity index (χ1v) is 5.56. The second-order valence-electron chi connectivity index (χ2n) is 4.47. The van der Waals surface area contributed by atoms with E-state index in [1.807, 2.05) is 31.0 Å². The van der Waals surface area contributed by atoms with Gasteiger partial charge in [0.2, 0.25) is 0 Å². The second-order valence-corrected chi connectivity index (χ2v) is 4.47. The van der Waals surface area contributed by atoms with Crippen LogP contribution in [0.15, 0.2) is 12.1 Å². The van der Waals surface area contributed by atoms with Gasteiger partial charge in [-0.05, 0) is 26.2 Å². The fraction of sp³-hybridized carbons (Fsp3) is 0.385. The lowest BCUT2D eigenvalue weighted by atomic mass is 10.0. The number of rotatable bonds is 3. The number of hydrogen-bond donors (Lipinski definition) is 1. The molecule has 90 valence electrons. The minimum absolute atomic E-state index is 0.531. The van der Waals surface area contributed by atoms with Crippen molar-refractivity contribution >= 4 is 17.2 Å². The Morgan fingerprint density at radius 1 is 1.53 bits per heavy atom. The molecule has 0 spiro atoms. The van der Waals surface area contributed by atoms with Crippen LogP contribution in [-0.4, -0.2) is 38.1 Å². The summed E-state index contributed by atoms with van der Waals surface area (Å²) in [6.07, 6.45) is 0.849. The molecule has 1 aromatic rings. The molecule has 0 saturated carbocycles. The molecule has 0 unspecified atom stereocenters. The zero-order chi connectivity index (χ0) is 12.4. The highest BCUT2D eigenvalue weighted by Gasteiger charge is 2.20. The molecule has 0 fully saturated rings. The molecule has 17 heavy (non-hydrogen) atoms. The first-order valence-electron chi connectivity index (χ1n) is 5.56. The molecule has 0 aromatic heterocycles. The van der Waals surface area contributed by atoms with Gasteiger partial charge >= 0.3 is 0 Å². The second kappa shape index (κ2) is 4.62. The van der Waals surface area contributed by atoms with Crippen molar-refractivity contribution in [3.8, 4) is 5.75 Å². The van der Waals surface area contributed by atoms with Crippen molar-refractivity contribution in [1.82, 2.24) is 4.90 Å². The molecule has 4 nitrogen and oxygen atoms in total. The molecular weight excluding hydrogens is 216 g/mol. The van der Waals surface area contributed by atoms with Crippen LogP contribution in [0.1, 0.15) is 11.1 Å². The normalized spacial score (nSPS) is 13.1. The van der Waals surface area contributed by atoms with E-state index in [2.05, 4.69) is 0 Å². The highest BCUT2D eigenvalue weighted by Crippen LogP contribution is 2.35. The number of nitrogens with zero attached hydrogens (tertiary/aromatic N) is 1. The average molecular weight is 232 g/mol. The van der Waals surface area contributed by atoms with Crippen LogP contribution in [0.4, 0.5) is 5.69 Å². The Morgan fingerprint density at radius 3 is 2.94 bits per heavy atom. The smallest absolute Gasteiger partial charge is 0.131 e. The Hall–Kier alpha value is -1.77. The lowest BCUT2D eigenvalue weighted by molar-refractivity contribution is 0.355. The van der Waals surface area contributed by atoms with Crippen LogP contribution < -0.4 is 10.5 Å². The molecule has 1 heterocycles. The molecule has 2 rings (SSSR count). The molecular formula is C13H16N2O2. The minimum Gasteiger partial charge on any atom is -0.492 e. The van der Waals surface area contributed by atoms with E-state index in [9.17, 15) is 4.79 Å². The third kappa shape index (κ3) is 2.33. The highest BCUT2D eigenvalue weighted by atomic mass is 16.5. The molecule has 0 bridgehead atoms. The molecule has 4 heteroatoms. The molecule has 0 radical (unpaired) electrons. The van der Waals surface area contributed by atoms with E-state index in [1.165, 1.54) is 0 Å². The minimum atomic E-state index is 0.531. The number of hydrogen-bond acceptors (Lipinski definition) is 4. The van der Waals surface area contributed by atoms with Gasteiger partial charge in [0, 0.05) is 29.8 Å². The van der Waals surface area contributed by atoms with E-state index in [4.69, 9.17) is 10.5 Å². The maximum atomic E-state index is 11.1. The number of anilines is 1. The summed E-state index contributed by atoms with van der Waals surface area (Å²) in [7, 11) is 3.81. The van der Waals surface area contributed by atoms with E-state index >= 15 is 0 Å². The Morgan fingerprint density at radius 2 is 2.29 bits per heavy atom. The van der Waals surface area contributed by atoms with E-state index in [1.54, 1.807) is 6.07 Å². The maximum Gasteiger partial charge on any atom is 0.131 e. The number of carbonyl (C=O) groups excluding carboxylic acids is 1. The van der Waals surface area contributed by atoms with Gasteiger partial charge in [-0.3, -0.25) is 0 Å². The van der Waals surface area contributed by atoms with Crippen LogP contribution in [0.3, 0.4) is 0 Å². The van der Waals surface area contributed by atoms with Gasteiger partial charge in [0.15, 0.2) is 0 Å². The Bertz CT molecular complexity index is 488. The summed E-state index contributed by atoms with van der Waals surface area (Å²) in [4.78, 5) is 13.0. The van der Waals surface area contributed by atoms with Crippen molar-refractivity contribution in [2.45, 2.75) is 6.42 Å². The zero-order valence-corrected chi connectivity index (χ0v) is 10.1. The summed E-state index contributed by atoms with van der Waals surface area (Å²) in [5, 5.41) is 0. The number of nitrogen functional groups attached to an aromatic ring is 1. The van der Waals surface area contributed by atoms with Gasteiger partial charge in [-0.2, -0.15) is 0 Å². The van der Waals surface area contributed by atoms with E-state index < -0.39 is 0 Å². The topological polar surface area (TPSA) is 55.6 Å². The predicted molar refractivity (Wildman–Crippen MR) is 67.7 cm³/mol. The predicted octanol–water partition coefficient (Wildman–Crippen LogP) is 0.980. The largest absolute Gasteiger partial charge is 0.492 e. The lowest BCUT2D eigenvalue weighted by Crippen LogP contribution is -2.15. The van der Waals surface area contributed by atoms with Gasteiger partial charge < -0.3 is 15.4 Å². The average Bonchev–Trinajstić information content (AvgIpc) is 2.72.